The normalized spacial score (nSPS) is 24.5. The SMILES string of the molecule is COc1cc(C(=O)N2C[C@H]3CC[C@@H]2[C@@H]3N)cc2nc(-c3cccnc3CC3CCC3)n(C)c12. The number of piperidine rings is 1. The van der Waals surface area contributed by atoms with Crippen molar-refractivity contribution in [3.05, 3.63) is 41.7 Å². The molecule has 2 saturated carbocycles. The van der Waals surface area contributed by atoms with E-state index in [0.717, 1.165) is 53.9 Å². The molecule has 33 heavy (non-hydrogen) atoms. The van der Waals surface area contributed by atoms with Crippen LogP contribution in [0.3, 0.4) is 0 Å². The van der Waals surface area contributed by atoms with Crippen molar-refractivity contribution in [2.24, 2.45) is 24.6 Å². The number of pyridine rings is 1. The van der Waals surface area contributed by atoms with Crippen LogP contribution in [0.15, 0.2) is 30.5 Å². The second-order valence-electron chi connectivity index (χ2n) is 9.98. The molecule has 1 aromatic carbocycles. The molecule has 0 radical (unpaired) electrons. The Hall–Kier alpha value is -2.93. The van der Waals surface area contributed by atoms with Gasteiger partial charge in [-0.15, -0.1) is 0 Å². The van der Waals surface area contributed by atoms with E-state index in [1.165, 1.54) is 19.3 Å². The number of nitrogens with zero attached hydrogens (tertiary/aromatic N) is 4. The zero-order valence-electron chi connectivity index (χ0n) is 19.3. The van der Waals surface area contributed by atoms with E-state index in [9.17, 15) is 4.79 Å². The van der Waals surface area contributed by atoms with Gasteiger partial charge in [0.15, 0.2) is 0 Å². The number of aromatic nitrogens is 3. The predicted octanol–water partition coefficient (Wildman–Crippen LogP) is 3.55. The monoisotopic (exact) mass is 445 g/mol. The van der Waals surface area contributed by atoms with Gasteiger partial charge in [-0.2, -0.15) is 0 Å². The number of methoxy groups -OCH3 is 1. The van der Waals surface area contributed by atoms with Gasteiger partial charge in [0.05, 0.1) is 18.3 Å². The molecule has 2 aliphatic carbocycles. The summed E-state index contributed by atoms with van der Waals surface area (Å²) < 4.78 is 7.81. The number of aryl methyl sites for hydroxylation is 1. The van der Waals surface area contributed by atoms with Crippen LogP contribution in [0.25, 0.3) is 22.4 Å². The van der Waals surface area contributed by atoms with E-state index < -0.39 is 0 Å². The van der Waals surface area contributed by atoms with Crippen molar-refractivity contribution in [3.63, 3.8) is 0 Å². The topological polar surface area (TPSA) is 86.3 Å². The first-order valence-electron chi connectivity index (χ1n) is 12.1. The maximum Gasteiger partial charge on any atom is 0.254 e. The zero-order valence-corrected chi connectivity index (χ0v) is 19.3. The molecule has 0 spiro atoms. The Morgan fingerprint density at radius 2 is 2.09 bits per heavy atom. The smallest absolute Gasteiger partial charge is 0.254 e. The molecule has 1 aliphatic heterocycles. The number of ether oxygens (including phenoxy) is 1. The predicted molar refractivity (Wildman–Crippen MR) is 127 cm³/mol. The Kier molecular flexibility index (Phi) is 4.91. The van der Waals surface area contributed by atoms with E-state index in [-0.39, 0.29) is 18.0 Å². The highest BCUT2D eigenvalue weighted by atomic mass is 16.5. The summed E-state index contributed by atoms with van der Waals surface area (Å²) in [5.41, 5.74) is 10.8. The summed E-state index contributed by atoms with van der Waals surface area (Å²) in [5.74, 6) is 2.69. The van der Waals surface area contributed by atoms with Crippen LogP contribution >= 0.6 is 0 Å². The van der Waals surface area contributed by atoms with Crippen molar-refractivity contribution in [2.45, 2.75) is 50.6 Å². The number of imidazole rings is 1. The van der Waals surface area contributed by atoms with Crippen molar-refractivity contribution in [1.29, 1.82) is 0 Å². The van der Waals surface area contributed by atoms with Gasteiger partial charge < -0.3 is 19.9 Å². The molecule has 2 N–H and O–H groups in total. The van der Waals surface area contributed by atoms with E-state index in [1.54, 1.807) is 7.11 Å². The molecule has 0 unspecified atom stereocenters. The lowest BCUT2D eigenvalue weighted by molar-refractivity contribution is 0.0700. The molecule has 7 heteroatoms. The van der Waals surface area contributed by atoms with Gasteiger partial charge >= 0.3 is 0 Å². The number of hydrogen-bond acceptors (Lipinski definition) is 5. The largest absolute Gasteiger partial charge is 0.494 e. The molecular formula is C26H31N5O2. The highest BCUT2D eigenvalue weighted by Gasteiger charge is 2.47. The van der Waals surface area contributed by atoms with E-state index in [4.69, 9.17) is 20.4 Å². The van der Waals surface area contributed by atoms with Crippen LogP contribution in [0.1, 0.15) is 48.2 Å². The van der Waals surface area contributed by atoms with Crippen molar-refractivity contribution in [3.8, 4) is 17.1 Å². The van der Waals surface area contributed by atoms with Crippen LogP contribution in [0, 0.1) is 11.8 Å². The summed E-state index contributed by atoms with van der Waals surface area (Å²) in [7, 11) is 3.66. The summed E-state index contributed by atoms with van der Waals surface area (Å²) >= 11 is 0. The van der Waals surface area contributed by atoms with E-state index in [1.807, 2.05) is 36.3 Å². The van der Waals surface area contributed by atoms with Crippen LogP contribution in [0.2, 0.25) is 0 Å². The molecule has 3 heterocycles. The number of carbonyl (C=O) groups is 1. The first-order valence-corrected chi connectivity index (χ1v) is 12.1. The van der Waals surface area contributed by atoms with Gasteiger partial charge in [0.1, 0.15) is 17.1 Å². The van der Waals surface area contributed by atoms with Gasteiger partial charge in [-0.25, -0.2) is 4.98 Å². The van der Waals surface area contributed by atoms with Crippen LogP contribution in [-0.2, 0) is 13.5 Å². The Bertz CT molecular complexity index is 1230. The first kappa shape index (κ1) is 20.7. The van der Waals surface area contributed by atoms with Crippen molar-refractivity contribution in [1.82, 2.24) is 19.4 Å². The second kappa shape index (κ2) is 7.83. The molecule has 7 nitrogen and oxygen atoms in total. The van der Waals surface area contributed by atoms with Gasteiger partial charge in [0.25, 0.3) is 5.91 Å². The molecule has 2 aromatic heterocycles. The molecule has 1 amide bonds. The van der Waals surface area contributed by atoms with Gasteiger partial charge in [0.2, 0.25) is 0 Å². The second-order valence-corrected chi connectivity index (χ2v) is 9.98. The van der Waals surface area contributed by atoms with E-state index >= 15 is 0 Å². The van der Waals surface area contributed by atoms with Gasteiger partial charge in [-0.3, -0.25) is 9.78 Å². The molecule has 1 saturated heterocycles. The van der Waals surface area contributed by atoms with Crippen molar-refractivity contribution in [2.75, 3.05) is 13.7 Å². The number of hydrogen-bond donors (Lipinski definition) is 1. The number of likely N-dealkylation sites (tertiary alicyclic amines) is 1. The molecule has 172 valence electrons. The molecule has 3 aromatic rings. The maximum atomic E-state index is 13.4. The third kappa shape index (κ3) is 3.24. The fourth-order valence-electron chi connectivity index (χ4n) is 6.05. The molecule has 3 fully saturated rings. The number of fused-ring (bicyclic) bond motifs is 3. The van der Waals surface area contributed by atoms with Crippen LogP contribution in [0.4, 0.5) is 0 Å². The maximum absolute atomic E-state index is 13.4. The minimum Gasteiger partial charge on any atom is -0.494 e. The number of nitrogens with two attached hydrogens (primary N) is 1. The molecule has 3 aliphatic rings. The average Bonchev–Trinajstić information content (AvgIpc) is 3.45. The lowest BCUT2D eigenvalue weighted by Gasteiger charge is -2.27. The lowest BCUT2D eigenvalue weighted by Crippen LogP contribution is -2.41. The third-order valence-corrected chi connectivity index (χ3v) is 8.15. The third-order valence-electron chi connectivity index (χ3n) is 8.15. The van der Waals surface area contributed by atoms with Gasteiger partial charge in [0, 0.05) is 43.0 Å². The Balaban J connectivity index is 1.40. The van der Waals surface area contributed by atoms with Crippen LogP contribution in [-0.4, -0.2) is 51.1 Å². The van der Waals surface area contributed by atoms with Gasteiger partial charge in [-0.05, 0) is 55.4 Å². The Morgan fingerprint density at radius 1 is 1.24 bits per heavy atom. The standard InChI is InChI=1S/C26H31N5O2/c1-30-24-20(29-25(30)18-7-4-10-28-19(18)11-15-5-3-6-15)12-17(13-22(24)33-2)26(32)31-14-16-8-9-21(31)23(16)27/h4,7,10,12-13,15-16,21,23H,3,5-6,8-9,11,14,27H2,1-2H3/t16-,21-,23-/m1/s1. The number of amides is 1. The summed E-state index contributed by atoms with van der Waals surface area (Å²) in [6.07, 6.45) is 8.84. The minimum absolute atomic E-state index is 0.0251. The lowest BCUT2D eigenvalue weighted by atomic mass is 9.81. The average molecular weight is 446 g/mol. The van der Waals surface area contributed by atoms with Crippen molar-refractivity contribution >= 4 is 16.9 Å². The fourth-order valence-corrected chi connectivity index (χ4v) is 6.05. The minimum atomic E-state index is 0.0251. The summed E-state index contributed by atoms with van der Waals surface area (Å²) in [4.78, 5) is 25.1. The Morgan fingerprint density at radius 3 is 2.76 bits per heavy atom. The molecular weight excluding hydrogens is 414 g/mol. The summed E-state index contributed by atoms with van der Waals surface area (Å²) in [6.45, 7) is 0.749. The molecule has 6 rings (SSSR count). The van der Waals surface area contributed by atoms with Crippen LogP contribution in [0.5, 0.6) is 5.75 Å². The van der Waals surface area contributed by atoms with Gasteiger partial charge in [-0.1, -0.05) is 19.3 Å². The molecule has 2 bridgehead atoms. The summed E-state index contributed by atoms with van der Waals surface area (Å²) in [5, 5.41) is 0. The Labute approximate surface area is 193 Å². The van der Waals surface area contributed by atoms with E-state index in [0.29, 0.717) is 23.1 Å². The first-order chi connectivity index (χ1) is 16.0. The zero-order chi connectivity index (χ0) is 22.7. The van der Waals surface area contributed by atoms with Crippen LogP contribution < -0.4 is 10.5 Å². The summed E-state index contributed by atoms with van der Waals surface area (Å²) in [6, 6.07) is 8.07. The number of carbonyl (C=O) groups excluding carboxylic acids is 1. The van der Waals surface area contributed by atoms with Crippen molar-refractivity contribution < 1.29 is 9.53 Å². The quantitative estimate of drug-likeness (QED) is 0.649. The molecule has 3 atom stereocenters. The number of benzene rings is 1. The van der Waals surface area contributed by atoms with E-state index in [2.05, 4.69) is 10.6 Å². The number of rotatable bonds is 5. The highest BCUT2D eigenvalue weighted by Crippen LogP contribution is 2.39. The highest BCUT2D eigenvalue weighted by molar-refractivity contribution is 6.00. The fraction of sp³-hybridized carbons (Fsp3) is 0.500.